The van der Waals surface area contributed by atoms with Gasteiger partial charge in [-0.25, -0.2) is 0 Å². The van der Waals surface area contributed by atoms with E-state index in [0.717, 1.165) is 0 Å². The first kappa shape index (κ1) is 28.5. The average Bonchev–Trinajstić information content (AvgIpc) is 3.56. The van der Waals surface area contributed by atoms with Gasteiger partial charge in [-0.15, -0.1) is 11.3 Å². The lowest BCUT2D eigenvalue weighted by atomic mass is 9.85. The van der Waals surface area contributed by atoms with E-state index in [-0.39, 0.29) is 0 Å². The van der Waals surface area contributed by atoms with Crippen LogP contribution in [0.3, 0.4) is 0 Å². The maximum absolute atomic E-state index is 2.46. The zero-order valence-corrected chi connectivity index (χ0v) is 28.5. The molecule has 0 aliphatic carbocycles. The lowest BCUT2D eigenvalue weighted by Crippen LogP contribution is -1.91. The Morgan fingerprint density at radius 1 is 0.216 bits per heavy atom. The van der Waals surface area contributed by atoms with Gasteiger partial charge < -0.3 is 0 Å². The van der Waals surface area contributed by atoms with Crippen molar-refractivity contribution in [2.75, 3.05) is 0 Å². The smallest absolute Gasteiger partial charge is 0.0362 e. The summed E-state index contributed by atoms with van der Waals surface area (Å²) in [6, 6.07) is 67.4. The van der Waals surface area contributed by atoms with Crippen molar-refractivity contribution < 1.29 is 0 Å². The Kier molecular flexibility index (Phi) is 6.22. The normalized spacial score (nSPS) is 11.9. The van der Waals surface area contributed by atoms with Gasteiger partial charge in [0.1, 0.15) is 0 Å². The second-order valence-corrected chi connectivity index (χ2v) is 14.7. The Balaban J connectivity index is 1.16. The van der Waals surface area contributed by atoms with E-state index < -0.39 is 0 Å². The summed E-state index contributed by atoms with van der Waals surface area (Å²) in [5.41, 5.74) is 7.54. The van der Waals surface area contributed by atoms with E-state index in [1.807, 2.05) is 11.3 Å². The van der Waals surface area contributed by atoms with E-state index in [9.17, 15) is 0 Å². The Hall–Kier alpha value is -6.28. The molecule has 0 amide bonds. The molecular weight excluding hydrogens is 633 g/mol. The molecule has 0 aliphatic heterocycles. The summed E-state index contributed by atoms with van der Waals surface area (Å²) in [6.45, 7) is 0. The topological polar surface area (TPSA) is 0 Å². The molecule has 11 rings (SSSR count). The van der Waals surface area contributed by atoms with Crippen molar-refractivity contribution in [3.8, 4) is 33.4 Å². The third kappa shape index (κ3) is 4.32. The second kappa shape index (κ2) is 11.1. The van der Waals surface area contributed by atoms with Crippen molar-refractivity contribution >= 4 is 85.4 Å². The molecule has 0 saturated carbocycles. The van der Waals surface area contributed by atoms with Crippen molar-refractivity contribution in [2.24, 2.45) is 0 Å². The van der Waals surface area contributed by atoms with Gasteiger partial charge in [0, 0.05) is 20.2 Å². The monoisotopic (exact) mass is 662 g/mol. The summed E-state index contributed by atoms with van der Waals surface area (Å²) in [4.78, 5) is 0. The summed E-state index contributed by atoms with van der Waals surface area (Å²) in [5, 5.41) is 15.7. The molecule has 0 N–H and O–H groups in total. The van der Waals surface area contributed by atoms with Crippen LogP contribution in [-0.4, -0.2) is 0 Å². The maximum Gasteiger partial charge on any atom is 0.0362 e. The van der Waals surface area contributed by atoms with E-state index in [4.69, 9.17) is 0 Å². The SMILES string of the molecule is c1ccc(-c2ccc(-c3c4ccccc4c(-c4ccc5sc6cc7c8ccccc8c8ccccc8c7cc6c5c4)c4ccccc34)cc2)cc1. The molecule has 11 aromatic rings. The summed E-state index contributed by atoms with van der Waals surface area (Å²) in [5.74, 6) is 0. The summed E-state index contributed by atoms with van der Waals surface area (Å²) in [6.07, 6.45) is 0. The fourth-order valence-corrected chi connectivity index (χ4v) is 9.65. The minimum absolute atomic E-state index is 1.23. The highest BCUT2D eigenvalue weighted by atomic mass is 32.1. The highest BCUT2D eigenvalue weighted by molar-refractivity contribution is 7.25. The van der Waals surface area contributed by atoms with Gasteiger partial charge in [0.2, 0.25) is 0 Å². The van der Waals surface area contributed by atoms with Gasteiger partial charge in [-0.1, -0.05) is 158 Å². The molecule has 236 valence electrons. The van der Waals surface area contributed by atoms with Crippen molar-refractivity contribution in [1.82, 2.24) is 0 Å². The van der Waals surface area contributed by atoms with Crippen molar-refractivity contribution in [3.63, 3.8) is 0 Å². The lowest BCUT2D eigenvalue weighted by Gasteiger charge is -2.18. The van der Waals surface area contributed by atoms with Gasteiger partial charge in [-0.3, -0.25) is 0 Å². The molecule has 0 spiro atoms. The van der Waals surface area contributed by atoms with Gasteiger partial charge >= 0.3 is 0 Å². The van der Waals surface area contributed by atoms with Crippen LogP contribution in [0, 0.1) is 0 Å². The molecule has 1 aromatic heterocycles. The molecule has 0 nitrogen and oxygen atoms in total. The largest absolute Gasteiger partial charge is 0.135 e. The number of rotatable bonds is 3. The maximum atomic E-state index is 2.46. The van der Waals surface area contributed by atoms with Crippen LogP contribution in [0.2, 0.25) is 0 Å². The minimum atomic E-state index is 1.23. The summed E-state index contributed by atoms with van der Waals surface area (Å²) in [7, 11) is 0. The summed E-state index contributed by atoms with van der Waals surface area (Å²) >= 11 is 1.90. The molecular formula is C50H30S. The number of thiophene rings is 1. The molecule has 10 aromatic carbocycles. The van der Waals surface area contributed by atoms with E-state index in [1.54, 1.807) is 0 Å². The van der Waals surface area contributed by atoms with Crippen LogP contribution in [0.15, 0.2) is 182 Å². The highest BCUT2D eigenvalue weighted by Crippen LogP contribution is 2.47. The van der Waals surface area contributed by atoms with Crippen LogP contribution >= 0.6 is 11.3 Å². The fraction of sp³-hybridized carbons (Fsp3) is 0. The number of hydrogen-bond acceptors (Lipinski definition) is 1. The second-order valence-electron chi connectivity index (χ2n) is 13.6. The third-order valence-corrected chi connectivity index (χ3v) is 12.0. The fourth-order valence-electron chi connectivity index (χ4n) is 8.54. The zero-order chi connectivity index (χ0) is 33.5. The number of hydrogen-bond donors (Lipinski definition) is 0. The molecule has 51 heavy (non-hydrogen) atoms. The molecule has 0 aliphatic rings. The molecule has 0 atom stereocenters. The van der Waals surface area contributed by atoms with Gasteiger partial charge in [0.25, 0.3) is 0 Å². The third-order valence-electron chi connectivity index (χ3n) is 10.8. The Morgan fingerprint density at radius 2 is 0.608 bits per heavy atom. The summed E-state index contributed by atoms with van der Waals surface area (Å²) < 4.78 is 2.65. The first-order valence-corrected chi connectivity index (χ1v) is 18.4. The molecule has 0 unspecified atom stereocenters. The molecule has 1 heteroatoms. The van der Waals surface area contributed by atoms with Crippen molar-refractivity contribution in [2.45, 2.75) is 0 Å². The van der Waals surface area contributed by atoms with Gasteiger partial charge in [0.15, 0.2) is 0 Å². The molecule has 0 fully saturated rings. The van der Waals surface area contributed by atoms with E-state index in [0.29, 0.717) is 0 Å². The van der Waals surface area contributed by atoms with Gasteiger partial charge in [-0.05, 0) is 112 Å². The number of benzene rings is 10. The van der Waals surface area contributed by atoms with Gasteiger partial charge in [0.05, 0.1) is 0 Å². The van der Waals surface area contributed by atoms with Crippen molar-refractivity contribution in [3.05, 3.63) is 182 Å². The van der Waals surface area contributed by atoms with Gasteiger partial charge in [-0.2, -0.15) is 0 Å². The first-order chi connectivity index (χ1) is 25.3. The quantitative estimate of drug-likeness (QED) is 0.130. The van der Waals surface area contributed by atoms with Crippen LogP contribution in [-0.2, 0) is 0 Å². The van der Waals surface area contributed by atoms with Crippen molar-refractivity contribution in [1.29, 1.82) is 0 Å². The standard InChI is InChI=1S/C50H30S/c1-2-12-31(13-3-1)32-22-24-33(25-23-32)49-39-18-8-10-20-41(39)50(42-21-11-9-19-40(42)49)34-26-27-47-45(28-34)46-29-43-37-16-6-4-14-35(37)36-15-5-7-17-38(36)44(43)30-48(46)51-47/h1-30H. The Labute approximate surface area is 299 Å². The predicted molar refractivity (Wildman–Crippen MR) is 223 cm³/mol. The van der Waals surface area contributed by atoms with E-state index in [2.05, 4.69) is 182 Å². The minimum Gasteiger partial charge on any atom is -0.135 e. The first-order valence-electron chi connectivity index (χ1n) is 17.6. The molecule has 0 saturated heterocycles. The lowest BCUT2D eigenvalue weighted by molar-refractivity contribution is 1.61. The van der Waals surface area contributed by atoms with Crippen LogP contribution in [0.5, 0.6) is 0 Å². The zero-order valence-electron chi connectivity index (χ0n) is 27.7. The highest BCUT2D eigenvalue weighted by Gasteiger charge is 2.18. The Bertz CT molecular complexity index is 3110. The van der Waals surface area contributed by atoms with Crippen LogP contribution in [0.25, 0.3) is 107 Å². The van der Waals surface area contributed by atoms with E-state index in [1.165, 1.54) is 107 Å². The van der Waals surface area contributed by atoms with E-state index >= 15 is 0 Å². The van der Waals surface area contributed by atoms with Crippen LogP contribution < -0.4 is 0 Å². The number of fused-ring (bicyclic) bond motifs is 11. The predicted octanol–water partition coefficient (Wildman–Crippen LogP) is 14.8. The molecule has 0 radical (unpaired) electrons. The molecule has 1 heterocycles. The Morgan fingerprint density at radius 3 is 1.18 bits per heavy atom. The molecule has 0 bridgehead atoms. The van der Waals surface area contributed by atoms with Crippen LogP contribution in [0.1, 0.15) is 0 Å². The van der Waals surface area contributed by atoms with Crippen LogP contribution in [0.4, 0.5) is 0 Å². The average molecular weight is 663 g/mol.